The van der Waals surface area contributed by atoms with E-state index in [1.165, 1.54) is 0 Å². The molecule has 0 fully saturated rings. The third-order valence-corrected chi connectivity index (χ3v) is 3.44. The van der Waals surface area contributed by atoms with Crippen molar-refractivity contribution >= 4 is 12.7 Å². The van der Waals surface area contributed by atoms with Crippen LogP contribution in [0.3, 0.4) is 0 Å². The molecule has 1 rings (SSSR count). The predicted octanol–water partition coefficient (Wildman–Crippen LogP) is 0.246. The molecule has 1 aromatic rings. The summed E-state index contributed by atoms with van der Waals surface area (Å²) in [6.07, 6.45) is 0. The fourth-order valence-electron chi connectivity index (χ4n) is 2.37. The Morgan fingerprint density at radius 2 is 2.12 bits per heavy atom. The smallest absolute Gasteiger partial charge is 0.320 e. The van der Waals surface area contributed by atoms with E-state index in [1.807, 2.05) is 15.6 Å². The van der Waals surface area contributed by atoms with Gasteiger partial charge in [0, 0.05) is 40.6 Å². The lowest BCUT2D eigenvalue weighted by atomic mass is 10.3. The van der Waals surface area contributed by atoms with Crippen LogP contribution in [0.5, 0.6) is 0 Å². The predicted molar refractivity (Wildman–Crippen MR) is 94.3 cm³/mol. The molecule has 0 aliphatic heterocycles. The van der Waals surface area contributed by atoms with Crippen LogP contribution in [0.25, 0.3) is 0 Å². The first-order valence-electron chi connectivity index (χ1n) is 8.24. The Bertz CT molecular complexity index is 521. The summed E-state index contributed by atoms with van der Waals surface area (Å²) in [5.41, 5.74) is 4.62. The van der Waals surface area contributed by atoms with Crippen molar-refractivity contribution in [3.63, 3.8) is 0 Å². The van der Waals surface area contributed by atoms with E-state index in [9.17, 15) is 4.79 Å². The molecule has 142 valence electrons. The Morgan fingerprint density at radius 3 is 2.76 bits per heavy atom. The van der Waals surface area contributed by atoms with Gasteiger partial charge in [-0.2, -0.15) is 10.2 Å². The summed E-state index contributed by atoms with van der Waals surface area (Å²) in [5, 5.41) is 8.14. The lowest BCUT2D eigenvalue weighted by Crippen LogP contribution is -2.38. The third kappa shape index (κ3) is 8.10. The average Bonchev–Trinajstić information content (AvgIpc) is 2.95. The largest absolute Gasteiger partial charge is 0.465 e. The molecular weight excluding hydrogens is 326 g/mol. The number of hydrogen-bond donors (Lipinski definition) is 1. The van der Waals surface area contributed by atoms with E-state index in [0.717, 1.165) is 11.4 Å². The van der Waals surface area contributed by atoms with E-state index in [2.05, 4.69) is 22.3 Å². The molecular formula is C16H29N5O4. The quantitative estimate of drug-likeness (QED) is 0.221. The number of hydrazone groups is 1. The van der Waals surface area contributed by atoms with Gasteiger partial charge >= 0.3 is 5.97 Å². The maximum absolute atomic E-state index is 11.8. The first kappa shape index (κ1) is 21.1. The number of methoxy groups -OCH3 is 2. The molecule has 1 heterocycles. The van der Waals surface area contributed by atoms with Crippen LogP contribution in [0.4, 0.5) is 0 Å². The van der Waals surface area contributed by atoms with Gasteiger partial charge in [-0.25, -0.2) is 0 Å². The molecule has 0 radical (unpaired) electrons. The molecule has 25 heavy (non-hydrogen) atoms. The SMILES string of the molecule is C=NNCCN(CCn1nc(COC)cc1COC)CC(=O)OCC. The van der Waals surface area contributed by atoms with Crippen LogP contribution in [0, 0.1) is 0 Å². The Morgan fingerprint density at radius 1 is 1.36 bits per heavy atom. The normalized spacial score (nSPS) is 10.9. The summed E-state index contributed by atoms with van der Waals surface area (Å²) in [6.45, 7) is 9.20. The van der Waals surface area contributed by atoms with Gasteiger partial charge in [0.05, 0.1) is 44.3 Å². The molecule has 0 atom stereocenters. The molecule has 0 aliphatic rings. The maximum atomic E-state index is 11.8. The Balaban J connectivity index is 2.68. The van der Waals surface area contributed by atoms with Crippen molar-refractivity contribution in [1.29, 1.82) is 0 Å². The summed E-state index contributed by atoms with van der Waals surface area (Å²) < 4.78 is 17.3. The number of hydrogen-bond acceptors (Lipinski definition) is 8. The number of ether oxygens (including phenoxy) is 3. The first-order valence-corrected chi connectivity index (χ1v) is 8.24. The van der Waals surface area contributed by atoms with E-state index < -0.39 is 0 Å². The van der Waals surface area contributed by atoms with Crippen molar-refractivity contribution in [1.82, 2.24) is 20.1 Å². The van der Waals surface area contributed by atoms with Crippen LogP contribution >= 0.6 is 0 Å². The van der Waals surface area contributed by atoms with Crippen molar-refractivity contribution in [2.75, 3.05) is 47.0 Å². The minimum atomic E-state index is -0.244. The van der Waals surface area contributed by atoms with E-state index in [4.69, 9.17) is 14.2 Å². The molecule has 0 aliphatic carbocycles. The zero-order chi connectivity index (χ0) is 18.5. The Kier molecular flexibility index (Phi) is 10.5. The highest BCUT2D eigenvalue weighted by Crippen LogP contribution is 2.08. The molecule has 1 aromatic heterocycles. The second kappa shape index (κ2) is 12.4. The van der Waals surface area contributed by atoms with Crippen molar-refractivity contribution in [3.05, 3.63) is 17.5 Å². The van der Waals surface area contributed by atoms with Gasteiger partial charge in [-0.15, -0.1) is 0 Å². The number of aromatic nitrogens is 2. The molecule has 0 amide bonds. The Labute approximate surface area is 148 Å². The highest BCUT2D eigenvalue weighted by molar-refractivity contribution is 5.71. The topological polar surface area (TPSA) is 90.2 Å². The minimum absolute atomic E-state index is 0.221. The van der Waals surface area contributed by atoms with Gasteiger partial charge in [-0.05, 0) is 13.0 Å². The van der Waals surface area contributed by atoms with Crippen molar-refractivity contribution in [2.24, 2.45) is 5.10 Å². The second-order valence-corrected chi connectivity index (χ2v) is 5.36. The van der Waals surface area contributed by atoms with Crippen LogP contribution in [0.1, 0.15) is 18.3 Å². The number of rotatable bonds is 14. The van der Waals surface area contributed by atoms with E-state index in [1.54, 1.807) is 21.1 Å². The van der Waals surface area contributed by atoms with Crippen LogP contribution in [0.2, 0.25) is 0 Å². The average molecular weight is 355 g/mol. The number of nitrogens with one attached hydrogen (secondary N) is 1. The van der Waals surface area contributed by atoms with Crippen molar-refractivity contribution in [2.45, 2.75) is 26.7 Å². The number of nitrogens with zero attached hydrogens (tertiary/aromatic N) is 4. The number of carbonyl (C=O) groups is 1. The monoisotopic (exact) mass is 355 g/mol. The molecule has 1 N–H and O–H groups in total. The molecule has 0 bridgehead atoms. The van der Waals surface area contributed by atoms with Crippen LogP contribution in [0.15, 0.2) is 11.2 Å². The summed E-state index contributed by atoms with van der Waals surface area (Å²) in [5.74, 6) is -0.244. The fourth-order valence-corrected chi connectivity index (χ4v) is 2.37. The van der Waals surface area contributed by atoms with Gasteiger partial charge < -0.3 is 19.6 Å². The van der Waals surface area contributed by atoms with Gasteiger partial charge in [0.15, 0.2) is 0 Å². The molecule has 9 heteroatoms. The lowest BCUT2D eigenvalue weighted by Gasteiger charge is -2.21. The number of carbonyl (C=O) groups excluding carboxylic acids is 1. The second-order valence-electron chi connectivity index (χ2n) is 5.36. The van der Waals surface area contributed by atoms with Crippen LogP contribution < -0.4 is 5.43 Å². The summed E-state index contributed by atoms with van der Waals surface area (Å²) in [4.78, 5) is 13.8. The molecule has 0 spiro atoms. The first-order chi connectivity index (χ1) is 12.1. The summed E-state index contributed by atoms with van der Waals surface area (Å²) >= 11 is 0. The molecule has 0 unspecified atom stereocenters. The van der Waals surface area contributed by atoms with Gasteiger partial charge in [-0.3, -0.25) is 14.4 Å². The van der Waals surface area contributed by atoms with Crippen molar-refractivity contribution in [3.8, 4) is 0 Å². The standard InChI is InChI=1S/C16H29N5O4/c1-5-25-16(22)11-20(7-6-18-17-2)8-9-21-15(13-24-4)10-14(19-21)12-23-3/h10,18H,2,5-9,11-13H2,1,3-4H3. The molecule has 9 nitrogen and oxygen atoms in total. The van der Waals surface area contributed by atoms with E-state index in [0.29, 0.717) is 46.0 Å². The van der Waals surface area contributed by atoms with Gasteiger partial charge in [0.1, 0.15) is 0 Å². The molecule has 0 saturated heterocycles. The van der Waals surface area contributed by atoms with E-state index in [-0.39, 0.29) is 12.5 Å². The zero-order valence-electron chi connectivity index (χ0n) is 15.4. The fraction of sp³-hybridized carbons (Fsp3) is 0.688. The Hall–Kier alpha value is -1.97. The lowest BCUT2D eigenvalue weighted by molar-refractivity contribution is -0.144. The maximum Gasteiger partial charge on any atom is 0.320 e. The third-order valence-electron chi connectivity index (χ3n) is 3.44. The molecule has 0 aromatic carbocycles. The van der Waals surface area contributed by atoms with Crippen LogP contribution in [-0.2, 0) is 38.8 Å². The van der Waals surface area contributed by atoms with Gasteiger partial charge in [0.2, 0.25) is 0 Å². The highest BCUT2D eigenvalue weighted by atomic mass is 16.5. The van der Waals surface area contributed by atoms with E-state index >= 15 is 0 Å². The number of esters is 1. The van der Waals surface area contributed by atoms with Gasteiger partial charge in [-0.1, -0.05) is 0 Å². The summed E-state index contributed by atoms with van der Waals surface area (Å²) in [7, 11) is 3.28. The highest BCUT2D eigenvalue weighted by Gasteiger charge is 2.14. The van der Waals surface area contributed by atoms with Crippen molar-refractivity contribution < 1.29 is 19.0 Å². The zero-order valence-corrected chi connectivity index (χ0v) is 15.4. The molecule has 0 saturated carbocycles. The summed E-state index contributed by atoms with van der Waals surface area (Å²) in [6, 6.07) is 1.96. The van der Waals surface area contributed by atoms with Crippen LogP contribution in [-0.4, -0.2) is 74.4 Å². The van der Waals surface area contributed by atoms with Gasteiger partial charge in [0.25, 0.3) is 0 Å². The minimum Gasteiger partial charge on any atom is -0.465 e.